The van der Waals surface area contributed by atoms with Crippen LogP contribution in [-0.2, 0) is 0 Å². The van der Waals surface area contributed by atoms with E-state index in [1.165, 1.54) is 0 Å². The van der Waals surface area contributed by atoms with Crippen molar-refractivity contribution in [2.75, 3.05) is 5.73 Å². The lowest BCUT2D eigenvalue weighted by Gasteiger charge is -1.84. The number of fused-ring (bicyclic) bond motifs is 1. The van der Waals surface area contributed by atoms with E-state index >= 15 is 0 Å². The Morgan fingerprint density at radius 2 is 2.00 bits per heavy atom. The van der Waals surface area contributed by atoms with Gasteiger partial charge in [0.05, 0.1) is 5.69 Å². The molecule has 0 aliphatic carbocycles. The van der Waals surface area contributed by atoms with Gasteiger partial charge in [-0.2, -0.15) is 0 Å². The van der Waals surface area contributed by atoms with Crippen molar-refractivity contribution in [1.82, 2.24) is 0 Å². The molecule has 2 heteroatoms. The van der Waals surface area contributed by atoms with Crippen molar-refractivity contribution in [1.29, 1.82) is 0 Å². The molecule has 0 spiro atoms. The maximum absolute atomic E-state index is 5.58. The zero-order chi connectivity index (χ0) is 6.97. The Labute approximate surface area is 58.2 Å². The SMILES string of the molecule is Nc1coc2ccccc12. The summed E-state index contributed by atoms with van der Waals surface area (Å²) in [5, 5.41) is 0.988. The molecular weight excluding hydrogens is 126 g/mol. The molecule has 0 radical (unpaired) electrons. The fourth-order valence-electron chi connectivity index (χ4n) is 0.998. The second kappa shape index (κ2) is 1.77. The Bertz CT molecular complexity index is 351. The Morgan fingerprint density at radius 3 is 2.80 bits per heavy atom. The van der Waals surface area contributed by atoms with Gasteiger partial charge in [0, 0.05) is 5.39 Å². The molecule has 1 heterocycles. The number of benzene rings is 1. The summed E-state index contributed by atoms with van der Waals surface area (Å²) in [4.78, 5) is 0. The van der Waals surface area contributed by atoms with Crippen LogP contribution in [0, 0.1) is 0 Å². The van der Waals surface area contributed by atoms with Crippen molar-refractivity contribution in [3.63, 3.8) is 0 Å². The fourth-order valence-corrected chi connectivity index (χ4v) is 0.998. The van der Waals surface area contributed by atoms with Gasteiger partial charge in [-0.15, -0.1) is 0 Å². The van der Waals surface area contributed by atoms with Crippen LogP contribution in [-0.4, -0.2) is 0 Å². The van der Waals surface area contributed by atoms with E-state index in [0.29, 0.717) is 5.69 Å². The first-order valence-electron chi connectivity index (χ1n) is 3.09. The summed E-state index contributed by atoms with van der Waals surface area (Å²) in [6.45, 7) is 0. The zero-order valence-corrected chi connectivity index (χ0v) is 5.37. The molecule has 0 unspecified atom stereocenters. The lowest BCUT2D eigenvalue weighted by molar-refractivity contribution is 0.617. The van der Waals surface area contributed by atoms with Crippen LogP contribution in [0.25, 0.3) is 11.0 Å². The lowest BCUT2D eigenvalue weighted by atomic mass is 10.2. The summed E-state index contributed by atoms with van der Waals surface area (Å²) in [6.07, 6.45) is 1.56. The molecule has 10 heavy (non-hydrogen) atoms. The highest BCUT2D eigenvalue weighted by molar-refractivity contribution is 5.88. The molecule has 1 aromatic heterocycles. The summed E-state index contributed by atoms with van der Waals surface area (Å²) in [5.41, 5.74) is 7.13. The van der Waals surface area contributed by atoms with Gasteiger partial charge >= 0.3 is 0 Å². The Balaban J connectivity index is 2.93. The van der Waals surface area contributed by atoms with E-state index in [2.05, 4.69) is 0 Å². The minimum absolute atomic E-state index is 0.704. The summed E-state index contributed by atoms with van der Waals surface area (Å²) >= 11 is 0. The molecule has 0 amide bonds. The van der Waals surface area contributed by atoms with Crippen molar-refractivity contribution >= 4 is 16.7 Å². The first-order chi connectivity index (χ1) is 4.88. The van der Waals surface area contributed by atoms with E-state index in [-0.39, 0.29) is 0 Å². The third-order valence-corrected chi connectivity index (χ3v) is 1.51. The van der Waals surface area contributed by atoms with Crippen molar-refractivity contribution in [3.05, 3.63) is 30.5 Å². The normalized spacial score (nSPS) is 10.4. The quantitative estimate of drug-likeness (QED) is 0.597. The molecule has 2 rings (SSSR count). The van der Waals surface area contributed by atoms with E-state index in [4.69, 9.17) is 10.2 Å². The maximum Gasteiger partial charge on any atom is 0.136 e. The molecule has 0 atom stereocenters. The molecule has 0 aliphatic heterocycles. The van der Waals surface area contributed by atoms with E-state index in [1.54, 1.807) is 6.26 Å². The maximum atomic E-state index is 5.58. The van der Waals surface area contributed by atoms with Gasteiger partial charge in [0.2, 0.25) is 0 Å². The van der Waals surface area contributed by atoms with E-state index in [0.717, 1.165) is 11.0 Å². The monoisotopic (exact) mass is 133 g/mol. The molecule has 0 saturated heterocycles. The predicted molar refractivity (Wildman–Crippen MR) is 40.6 cm³/mol. The highest BCUT2D eigenvalue weighted by Gasteiger charge is 1.97. The summed E-state index contributed by atoms with van der Waals surface area (Å²) in [6, 6.07) is 7.69. The van der Waals surface area contributed by atoms with Gasteiger partial charge in [-0.25, -0.2) is 0 Å². The summed E-state index contributed by atoms with van der Waals surface area (Å²) in [5.74, 6) is 0. The fraction of sp³-hybridized carbons (Fsp3) is 0. The number of hydrogen-bond donors (Lipinski definition) is 1. The number of anilines is 1. The molecule has 0 saturated carbocycles. The number of nitrogen functional groups attached to an aromatic ring is 1. The molecular formula is C8H7NO. The van der Waals surface area contributed by atoms with Gasteiger partial charge in [0.25, 0.3) is 0 Å². The zero-order valence-electron chi connectivity index (χ0n) is 5.37. The highest BCUT2D eigenvalue weighted by atomic mass is 16.3. The molecule has 2 aromatic rings. The summed E-state index contributed by atoms with van der Waals surface area (Å²) < 4.78 is 5.12. The Hall–Kier alpha value is -1.44. The molecule has 0 fully saturated rings. The van der Waals surface area contributed by atoms with Crippen LogP contribution in [0.3, 0.4) is 0 Å². The van der Waals surface area contributed by atoms with Crippen LogP contribution in [0.5, 0.6) is 0 Å². The lowest BCUT2D eigenvalue weighted by Crippen LogP contribution is -1.78. The van der Waals surface area contributed by atoms with E-state index < -0.39 is 0 Å². The van der Waals surface area contributed by atoms with Crippen LogP contribution in [0.4, 0.5) is 5.69 Å². The molecule has 50 valence electrons. The number of hydrogen-bond acceptors (Lipinski definition) is 2. The summed E-state index contributed by atoms with van der Waals surface area (Å²) in [7, 11) is 0. The third-order valence-electron chi connectivity index (χ3n) is 1.51. The van der Waals surface area contributed by atoms with Crippen molar-refractivity contribution in [3.8, 4) is 0 Å². The Morgan fingerprint density at radius 1 is 1.20 bits per heavy atom. The van der Waals surface area contributed by atoms with E-state index in [9.17, 15) is 0 Å². The van der Waals surface area contributed by atoms with Crippen molar-refractivity contribution in [2.24, 2.45) is 0 Å². The van der Waals surface area contributed by atoms with Crippen molar-refractivity contribution < 1.29 is 4.42 Å². The van der Waals surface area contributed by atoms with Gasteiger partial charge in [0.15, 0.2) is 0 Å². The minimum Gasteiger partial charge on any atom is -0.462 e. The highest BCUT2D eigenvalue weighted by Crippen LogP contribution is 2.21. The third kappa shape index (κ3) is 0.589. The van der Waals surface area contributed by atoms with Gasteiger partial charge in [-0.05, 0) is 12.1 Å². The standard InChI is InChI=1S/C8H7NO/c9-7-5-10-8-4-2-1-3-6(7)8/h1-5H,9H2. The molecule has 0 aliphatic rings. The van der Waals surface area contributed by atoms with Gasteiger partial charge in [0.1, 0.15) is 11.8 Å². The first kappa shape index (κ1) is 5.35. The Kier molecular flexibility index (Phi) is 0.947. The van der Waals surface area contributed by atoms with Crippen LogP contribution in [0.15, 0.2) is 34.9 Å². The number of furan rings is 1. The number of para-hydroxylation sites is 1. The smallest absolute Gasteiger partial charge is 0.136 e. The van der Waals surface area contributed by atoms with Crippen LogP contribution < -0.4 is 5.73 Å². The van der Waals surface area contributed by atoms with Crippen molar-refractivity contribution in [2.45, 2.75) is 0 Å². The molecule has 2 N–H and O–H groups in total. The average molecular weight is 133 g/mol. The second-order valence-corrected chi connectivity index (χ2v) is 2.19. The largest absolute Gasteiger partial charge is 0.462 e. The second-order valence-electron chi connectivity index (χ2n) is 2.19. The van der Waals surface area contributed by atoms with Gasteiger partial charge < -0.3 is 10.2 Å². The minimum atomic E-state index is 0.704. The molecule has 1 aromatic carbocycles. The molecule has 2 nitrogen and oxygen atoms in total. The average Bonchev–Trinajstić information content (AvgIpc) is 2.34. The van der Waals surface area contributed by atoms with Gasteiger partial charge in [-0.3, -0.25) is 0 Å². The predicted octanol–water partition coefficient (Wildman–Crippen LogP) is 2.01. The van der Waals surface area contributed by atoms with Gasteiger partial charge in [-0.1, -0.05) is 12.1 Å². The van der Waals surface area contributed by atoms with E-state index in [1.807, 2.05) is 24.3 Å². The number of rotatable bonds is 0. The van der Waals surface area contributed by atoms with Crippen LogP contribution in [0.1, 0.15) is 0 Å². The first-order valence-corrected chi connectivity index (χ1v) is 3.09. The van der Waals surface area contributed by atoms with Crippen LogP contribution in [0.2, 0.25) is 0 Å². The van der Waals surface area contributed by atoms with Crippen LogP contribution >= 0.6 is 0 Å². The topological polar surface area (TPSA) is 39.2 Å². The molecule has 0 bridgehead atoms. The number of nitrogens with two attached hydrogens (primary N) is 1.